The molecule has 0 aliphatic heterocycles. The Balaban J connectivity index is 1.82. The molecule has 0 unspecified atom stereocenters. The summed E-state index contributed by atoms with van der Waals surface area (Å²) in [5, 5.41) is 10.7. The highest BCUT2D eigenvalue weighted by Crippen LogP contribution is 2.63. The quantitative estimate of drug-likeness (QED) is 0.646. The Morgan fingerprint density at radius 2 is 1.95 bits per heavy atom. The van der Waals surface area contributed by atoms with Gasteiger partial charge in [-0.25, -0.2) is 0 Å². The molecule has 0 spiro atoms. The van der Waals surface area contributed by atoms with Gasteiger partial charge in [-0.05, 0) is 81.6 Å². The van der Waals surface area contributed by atoms with Gasteiger partial charge in [-0.2, -0.15) is 0 Å². The lowest BCUT2D eigenvalue weighted by molar-refractivity contribution is 0.106. The first-order valence-corrected chi connectivity index (χ1v) is 8.85. The fourth-order valence-electron chi connectivity index (χ4n) is 6.17. The SMILES string of the molecule is C[C@]12C(O)=CCC[C@H]1CCC1=C2CC[C@]2(C)[C@@H](N)CC[C@@H]12. The lowest BCUT2D eigenvalue weighted by Gasteiger charge is -2.52. The number of aliphatic hydroxyl groups excluding tert-OH is 1. The molecule has 0 heterocycles. The van der Waals surface area contributed by atoms with Gasteiger partial charge >= 0.3 is 0 Å². The summed E-state index contributed by atoms with van der Waals surface area (Å²) in [5.74, 6) is 2.00. The summed E-state index contributed by atoms with van der Waals surface area (Å²) in [4.78, 5) is 0. The minimum absolute atomic E-state index is 0.0557. The van der Waals surface area contributed by atoms with Crippen molar-refractivity contribution in [1.29, 1.82) is 0 Å². The molecular weight excluding hydrogens is 258 g/mol. The average molecular weight is 287 g/mol. The van der Waals surface area contributed by atoms with E-state index in [-0.39, 0.29) is 5.41 Å². The van der Waals surface area contributed by atoms with Crippen LogP contribution in [0, 0.1) is 22.7 Å². The third-order valence-electron chi connectivity index (χ3n) is 7.72. The van der Waals surface area contributed by atoms with Crippen LogP contribution in [0.4, 0.5) is 0 Å². The van der Waals surface area contributed by atoms with Crippen LogP contribution >= 0.6 is 0 Å². The molecule has 4 rings (SSSR count). The number of aliphatic hydroxyl groups is 1. The molecule has 2 heteroatoms. The normalized spacial score (nSPS) is 49.3. The van der Waals surface area contributed by atoms with Gasteiger partial charge in [0.15, 0.2) is 0 Å². The topological polar surface area (TPSA) is 46.2 Å². The van der Waals surface area contributed by atoms with E-state index >= 15 is 0 Å². The predicted octanol–water partition coefficient (Wildman–Crippen LogP) is 4.47. The Morgan fingerprint density at radius 1 is 1.14 bits per heavy atom. The molecule has 2 nitrogen and oxygen atoms in total. The smallest absolute Gasteiger partial charge is 0.0985 e. The van der Waals surface area contributed by atoms with Crippen LogP contribution in [0.25, 0.3) is 0 Å². The van der Waals surface area contributed by atoms with Crippen molar-refractivity contribution in [3.05, 3.63) is 23.0 Å². The summed E-state index contributed by atoms with van der Waals surface area (Å²) in [6.07, 6.45) is 11.7. The largest absolute Gasteiger partial charge is 0.512 e. The number of hydrogen-bond donors (Lipinski definition) is 2. The minimum Gasteiger partial charge on any atom is -0.512 e. The second-order valence-corrected chi connectivity index (χ2v) is 8.35. The van der Waals surface area contributed by atoms with Crippen molar-refractivity contribution >= 4 is 0 Å². The van der Waals surface area contributed by atoms with Crippen LogP contribution in [0.2, 0.25) is 0 Å². The van der Waals surface area contributed by atoms with Crippen LogP contribution in [0.1, 0.15) is 65.2 Å². The van der Waals surface area contributed by atoms with Gasteiger partial charge in [-0.1, -0.05) is 18.1 Å². The molecule has 21 heavy (non-hydrogen) atoms. The highest BCUT2D eigenvalue weighted by molar-refractivity contribution is 5.39. The maximum Gasteiger partial charge on any atom is 0.0985 e. The zero-order valence-corrected chi connectivity index (χ0v) is 13.5. The molecule has 0 bridgehead atoms. The van der Waals surface area contributed by atoms with E-state index in [1.165, 1.54) is 38.5 Å². The summed E-state index contributed by atoms with van der Waals surface area (Å²) in [7, 11) is 0. The van der Waals surface area contributed by atoms with E-state index in [2.05, 4.69) is 19.9 Å². The number of nitrogens with two attached hydrogens (primary N) is 1. The zero-order valence-electron chi connectivity index (χ0n) is 13.5. The Bertz CT molecular complexity index is 534. The summed E-state index contributed by atoms with van der Waals surface area (Å²) in [5.41, 5.74) is 10.0. The first kappa shape index (κ1) is 13.9. The summed E-state index contributed by atoms with van der Waals surface area (Å²) >= 11 is 0. The fraction of sp³-hybridized carbons (Fsp3) is 0.789. The lowest BCUT2D eigenvalue weighted by atomic mass is 9.52. The van der Waals surface area contributed by atoms with E-state index in [1.807, 2.05) is 0 Å². The van der Waals surface area contributed by atoms with E-state index in [1.54, 1.807) is 11.1 Å². The van der Waals surface area contributed by atoms with Gasteiger partial charge in [-0.3, -0.25) is 0 Å². The molecule has 0 amide bonds. The molecule has 0 aromatic rings. The van der Waals surface area contributed by atoms with Crippen LogP contribution in [-0.2, 0) is 0 Å². The van der Waals surface area contributed by atoms with Crippen molar-refractivity contribution in [1.82, 2.24) is 0 Å². The molecule has 1 saturated carbocycles. The van der Waals surface area contributed by atoms with Crippen LogP contribution in [0.5, 0.6) is 0 Å². The highest BCUT2D eigenvalue weighted by atomic mass is 16.3. The Kier molecular flexibility index (Phi) is 2.89. The third-order valence-corrected chi connectivity index (χ3v) is 7.72. The second-order valence-electron chi connectivity index (χ2n) is 8.35. The van der Waals surface area contributed by atoms with E-state index < -0.39 is 0 Å². The molecule has 4 aliphatic carbocycles. The average Bonchev–Trinajstić information content (AvgIpc) is 2.76. The molecule has 0 aromatic heterocycles. The van der Waals surface area contributed by atoms with Gasteiger partial charge in [0.05, 0.1) is 5.76 Å². The number of allylic oxidation sites excluding steroid dienone is 3. The Morgan fingerprint density at radius 3 is 2.76 bits per heavy atom. The maximum atomic E-state index is 10.7. The number of hydrogen-bond acceptors (Lipinski definition) is 2. The van der Waals surface area contributed by atoms with Gasteiger partial charge < -0.3 is 10.8 Å². The first-order valence-electron chi connectivity index (χ1n) is 8.85. The molecule has 1 fully saturated rings. The van der Waals surface area contributed by atoms with Crippen molar-refractivity contribution in [2.75, 3.05) is 0 Å². The van der Waals surface area contributed by atoms with Gasteiger partial charge in [0, 0.05) is 11.5 Å². The summed E-state index contributed by atoms with van der Waals surface area (Å²) in [6, 6.07) is 0.373. The van der Waals surface area contributed by atoms with Crippen molar-refractivity contribution in [3.8, 4) is 0 Å². The van der Waals surface area contributed by atoms with E-state index in [4.69, 9.17) is 5.73 Å². The molecule has 0 aromatic carbocycles. The van der Waals surface area contributed by atoms with Crippen LogP contribution in [-0.4, -0.2) is 11.1 Å². The molecule has 0 saturated heterocycles. The van der Waals surface area contributed by atoms with E-state index in [0.717, 1.165) is 12.8 Å². The second kappa shape index (κ2) is 4.38. The van der Waals surface area contributed by atoms with Gasteiger partial charge in [-0.15, -0.1) is 0 Å². The van der Waals surface area contributed by atoms with Crippen molar-refractivity contribution in [2.45, 2.75) is 71.3 Å². The number of fused-ring (bicyclic) bond motifs is 4. The predicted molar refractivity (Wildman–Crippen MR) is 85.8 cm³/mol. The molecular formula is C19H29NO. The standard InChI is InChI=1S/C19H29NO/c1-18-11-10-15-13(14(18)8-9-16(18)20)7-6-12-4-3-5-17(21)19(12,15)2/h5,12,14,16,21H,3-4,6-11,20H2,1-2H3/t12-,14-,16-,18-,19-/m0/s1. The first-order chi connectivity index (χ1) is 9.98. The van der Waals surface area contributed by atoms with Crippen molar-refractivity contribution < 1.29 is 5.11 Å². The Labute approximate surface area is 128 Å². The molecule has 5 atom stereocenters. The minimum atomic E-state index is -0.0557. The zero-order chi connectivity index (χ0) is 14.8. The molecule has 0 radical (unpaired) electrons. The van der Waals surface area contributed by atoms with Crippen molar-refractivity contribution in [2.24, 2.45) is 28.4 Å². The van der Waals surface area contributed by atoms with Gasteiger partial charge in [0.2, 0.25) is 0 Å². The summed E-state index contributed by atoms with van der Waals surface area (Å²) < 4.78 is 0. The van der Waals surface area contributed by atoms with Gasteiger partial charge in [0.25, 0.3) is 0 Å². The molecule has 116 valence electrons. The monoisotopic (exact) mass is 287 g/mol. The number of rotatable bonds is 0. The molecule has 4 aliphatic rings. The lowest BCUT2D eigenvalue weighted by Crippen LogP contribution is -2.46. The highest BCUT2D eigenvalue weighted by Gasteiger charge is 2.54. The van der Waals surface area contributed by atoms with Crippen LogP contribution in [0.15, 0.2) is 23.0 Å². The van der Waals surface area contributed by atoms with Crippen LogP contribution < -0.4 is 5.73 Å². The maximum absolute atomic E-state index is 10.7. The van der Waals surface area contributed by atoms with E-state index in [9.17, 15) is 5.11 Å². The van der Waals surface area contributed by atoms with Gasteiger partial charge in [0.1, 0.15) is 0 Å². The fourth-order valence-corrected chi connectivity index (χ4v) is 6.17. The third kappa shape index (κ3) is 1.63. The van der Waals surface area contributed by atoms with Crippen LogP contribution in [0.3, 0.4) is 0 Å². The van der Waals surface area contributed by atoms with Crippen molar-refractivity contribution in [3.63, 3.8) is 0 Å². The molecule has 3 N–H and O–H groups in total. The summed E-state index contributed by atoms with van der Waals surface area (Å²) in [6.45, 7) is 4.73. The Hall–Kier alpha value is -0.760. The van der Waals surface area contributed by atoms with E-state index in [0.29, 0.717) is 29.1 Å².